The Balaban J connectivity index is 1.40. The molecule has 0 saturated carbocycles. The first kappa shape index (κ1) is 17.9. The largest absolute Gasteiger partial charge is 0.350 e. The Morgan fingerprint density at radius 3 is 2.50 bits per heavy atom. The Bertz CT molecular complexity index is 775. The third-order valence-electron chi connectivity index (χ3n) is 4.52. The van der Waals surface area contributed by atoms with Gasteiger partial charge in [0.2, 0.25) is 17.7 Å². The first-order valence-corrected chi connectivity index (χ1v) is 8.75. The van der Waals surface area contributed by atoms with Crippen molar-refractivity contribution in [3.8, 4) is 0 Å². The smallest absolute Gasteiger partial charge is 0.223 e. The minimum Gasteiger partial charge on any atom is -0.350 e. The van der Waals surface area contributed by atoms with Crippen molar-refractivity contribution in [2.75, 3.05) is 26.2 Å². The molecule has 8 heteroatoms. The second-order valence-corrected chi connectivity index (χ2v) is 6.36. The van der Waals surface area contributed by atoms with Gasteiger partial charge < -0.3 is 19.5 Å². The van der Waals surface area contributed by atoms with Gasteiger partial charge in [0.15, 0.2) is 0 Å². The Labute approximate surface area is 151 Å². The minimum atomic E-state index is -0.169. The van der Waals surface area contributed by atoms with E-state index in [1.165, 1.54) is 6.92 Å². The van der Waals surface area contributed by atoms with Crippen molar-refractivity contribution in [1.29, 1.82) is 0 Å². The summed E-state index contributed by atoms with van der Waals surface area (Å²) in [6.45, 7) is 4.04. The summed E-state index contributed by atoms with van der Waals surface area (Å²) < 4.78 is 1.89. The van der Waals surface area contributed by atoms with Gasteiger partial charge in [0.1, 0.15) is 5.65 Å². The standard InChI is InChI=1S/C18H23N5O3/c1-14(24)21-8-10-22(11-9-21)18(26)6-5-17(25)19-12-15-13-23-7-3-2-4-16(23)20-15/h2-4,7,13H,5-6,8-12H2,1H3,(H,19,25). The molecule has 2 aromatic heterocycles. The molecule has 0 aromatic carbocycles. The number of carbonyl (C=O) groups excluding carboxylic acids is 3. The van der Waals surface area contributed by atoms with E-state index in [2.05, 4.69) is 10.3 Å². The predicted octanol–water partition coefficient (Wildman–Crippen LogP) is 0.421. The van der Waals surface area contributed by atoms with E-state index in [-0.39, 0.29) is 30.6 Å². The normalized spacial score (nSPS) is 14.5. The zero-order valence-corrected chi connectivity index (χ0v) is 14.9. The molecule has 8 nitrogen and oxygen atoms in total. The average molecular weight is 357 g/mol. The summed E-state index contributed by atoms with van der Waals surface area (Å²) in [5.74, 6) is -0.183. The van der Waals surface area contributed by atoms with E-state index in [0.717, 1.165) is 11.3 Å². The molecule has 0 radical (unpaired) electrons. The number of fused-ring (bicyclic) bond motifs is 1. The van der Waals surface area contributed by atoms with Crippen LogP contribution in [0.25, 0.3) is 5.65 Å². The molecule has 0 aliphatic carbocycles. The lowest BCUT2D eigenvalue weighted by Gasteiger charge is -2.34. The van der Waals surface area contributed by atoms with Crippen LogP contribution >= 0.6 is 0 Å². The summed E-state index contributed by atoms with van der Waals surface area (Å²) in [5, 5.41) is 2.80. The van der Waals surface area contributed by atoms with Crippen LogP contribution in [0.4, 0.5) is 0 Å². The molecule has 26 heavy (non-hydrogen) atoms. The summed E-state index contributed by atoms with van der Waals surface area (Å²) >= 11 is 0. The van der Waals surface area contributed by atoms with Gasteiger partial charge in [-0.2, -0.15) is 0 Å². The minimum absolute atomic E-state index is 0.0309. The van der Waals surface area contributed by atoms with Crippen molar-refractivity contribution >= 4 is 23.4 Å². The second-order valence-electron chi connectivity index (χ2n) is 6.36. The zero-order valence-electron chi connectivity index (χ0n) is 14.9. The lowest BCUT2D eigenvalue weighted by molar-refractivity contribution is -0.139. The molecule has 1 N–H and O–H groups in total. The number of imidazole rings is 1. The van der Waals surface area contributed by atoms with Crippen LogP contribution in [0.15, 0.2) is 30.6 Å². The molecule has 2 aromatic rings. The van der Waals surface area contributed by atoms with E-state index >= 15 is 0 Å². The van der Waals surface area contributed by atoms with Crippen molar-refractivity contribution in [2.45, 2.75) is 26.3 Å². The number of aromatic nitrogens is 2. The number of pyridine rings is 1. The highest BCUT2D eigenvalue weighted by atomic mass is 16.2. The Kier molecular flexibility index (Phi) is 5.50. The van der Waals surface area contributed by atoms with Gasteiger partial charge >= 0.3 is 0 Å². The van der Waals surface area contributed by atoms with Crippen LogP contribution in [-0.4, -0.2) is 63.1 Å². The number of carbonyl (C=O) groups is 3. The molecule has 138 valence electrons. The van der Waals surface area contributed by atoms with Crippen LogP contribution in [0, 0.1) is 0 Å². The monoisotopic (exact) mass is 357 g/mol. The first-order chi connectivity index (χ1) is 12.5. The lowest BCUT2D eigenvalue weighted by Crippen LogP contribution is -2.50. The van der Waals surface area contributed by atoms with Gasteiger partial charge in [0.05, 0.1) is 12.2 Å². The van der Waals surface area contributed by atoms with E-state index in [4.69, 9.17) is 0 Å². The first-order valence-electron chi connectivity index (χ1n) is 8.75. The van der Waals surface area contributed by atoms with Gasteiger partial charge in [0, 0.05) is 58.3 Å². The summed E-state index contributed by atoms with van der Waals surface area (Å²) in [5.41, 5.74) is 1.60. The van der Waals surface area contributed by atoms with Gasteiger partial charge in [-0.25, -0.2) is 4.98 Å². The molecule has 0 bridgehead atoms. The molecule has 3 heterocycles. The topological polar surface area (TPSA) is 87.0 Å². The van der Waals surface area contributed by atoms with Crippen LogP contribution in [0.5, 0.6) is 0 Å². The maximum Gasteiger partial charge on any atom is 0.223 e. The molecule has 3 rings (SSSR count). The number of nitrogens with zero attached hydrogens (tertiary/aromatic N) is 4. The molecule has 3 amide bonds. The zero-order chi connectivity index (χ0) is 18.5. The molecule has 0 atom stereocenters. The third kappa shape index (κ3) is 4.38. The van der Waals surface area contributed by atoms with Crippen LogP contribution < -0.4 is 5.32 Å². The number of hydrogen-bond acceptors (Lipinski definition) is 4. The van der Waals surface area contributed by atoms with Gasteiger partial charge in [-0.3, -0.25) is 14.4 Å². The Hall–Kier alpha value is -2.90. The fraction of sp³-hybridized carbons (Fsp3) is 0.444. The van der Waals surface area contributed by atoms with Crippen molar-refractivity contribution in [1.82, 2.24) is 24.5 Å². The fourth-order valence-electron chi connectivity index (χ4n) is 3.00. The van der Waals surface area contributed by atoms with E-state index in [1.54, 1.807) is 9.80 Å². The molecule has 1 saturated heterocycles. The number of hydrogen-bond donors (Lipinski definition) is 1. The van der Waals surface area contributed by atoms with Gasteiger partial charge in [0.25, 0.3) is 0 Å². The predicted molar refractivity (Wildman–Crippen MR) is 95.1 cm³/mol. The summed E-state index contributed by atoms with van der Waals surface area (Å²) in [6.07, 6.45) is 4.10. The number of nitrogens with one attached hydrogen (secondary N) is 1. The van der Waals surface area contributed by atoms with Crippen LogP contribution in [0.1, 0.15) is 25.5 Å². The van der Waals surface area contributed by atoms with Gasteiger partial charge in [-0.05, 0) is 12.1 Å². The van der Waals surface area contributed by atoms with Crippen LogP contribution in [0.3, 0.4) is 0 Å². The lowest BCUT2D eigenvalue weighted by atomic mass is 10.2. The molecular weight excluding hydrogens is 334 g/mol. The summed E-state index contributed by atoms with van der Waals surface area (Å²) in [7, 11) is 0. The van der Waals surface area contributed by atoms with E-state index in [0.29, 0.717) is 32.7 Å². The molecule has 0 spiro atoms. The number of amides is 3. The van der Waals surface area contributed by atoms with Crippen molar-refractivity contribution in [2.24, 2.45) is 0 Å². The van der Waals surface area contributed by atoms with Crippen molar-refractivity contribution < 1.29 is 14.4 Å². The SMILES string of the molecule is CC(=O)N1CCN(C(=O)CCC(=O)NCc2cn3ccccc3n2)CC1. The Morgan fingerprint density at radius 2 is 1.81 bits per heavy atom. The maximum absolute atomic E-state index is 12.2. The fourth-order valence-corrected chi connectivity index (χ4v) is 3.00. The number of piperazine rings is 1. The maximum atomic E-state index is 12.2. The number of rotatable bonds is 5. The van der Waals surface area contributed by atoms with E-state index in [1.807, 2.05) is 35.0 Å². The summed E-state index contributed by atoms with van der Waals surface area (Å²) in [6, 6.07) is 5.72. The second kappa shape index (κ2) is 7.99. The van der Waals surface area contributed by atoms with Gasteiger partial charge in [-0.15, -0.1) is 0 Å². The summed E-state index contributed by atoms with van der Waals surface area (Å²) in [4.78, 5) is 43.3. The molecule has 1 aliphatic rings. The highest BCUT2D eigenvalue weighted by Gasteiger charge is 2.22. The quantitative estimate of drug-likeness (QED) is 0.840. The van der Waals surface area contributed by atoms with Crippen LogP contribution in [0.2, 0.25) is 0 Å². The van der Waals surface area contributed by atoms with Crippen LogP contribution in [-0.2, 0) is 20.9 Å². The Morgan fingerprint density at radius 1 is 1.08 bits per heavy atom. The third-order valence-corrected chi connectivity index (χ3v) is 4.52. The van der Waals surface area contributed by atoms with E-state index < -0.39 is 0 Å². The van der Waals surface area contributed by atoms with Crippen molar-refractivity contribution in [3.63, 3.8) is 0 Å². The molecule has 0 unspecified atom stereocenters. The molecule has 1 aliphatic heterocycles. The highest BCUT2D eigenvalue weighted by molar-refractivity contribution is 5.84. The molecule has 1 fully saturated rings. The average Bonchev–Trinajstić information content (AvgIpc) is 3.07. The van der Waals surface area contributed by atoms with Gasteiger partial charge in [-0.1, -0.05) is 6.07 Å². The van der Waals surface area contributed by atoms with Crippen molar-refractivity contribution in [3.05, 3.63) is 36.3 Å². The van der Waals surface area contributed by atoms with E-state index in [9.17, 15) is 14.4 Å². The highest BCUT2D eigenvalue weighted by Crippen LogP contribution is 2.07. The molecular formula is C18H23N5O3.